The lowest BCUT2D eigenvalue weighted by Crippen LogP contribution is -2.15. The van der Waals surface area contributed by atoms with Crippen LogP contribution < -0.4 is 4.74 Å². The number of ether oxygens (including phenoxy) is 2. The van der Waals surface area contributed by atoms with E-state index in [9.17, 15) is 4.79 Å². The second-order valence-electron chi connectivity index (χ2n) is 3.99. The lowest BCUT2D eigenvalue weighted by molar-refractivity contribution is -0.145. The Kier molecular flexibility index (Phi) is 6.62. The molecule has 1 aromatic carbocycles. The van der Waals surface area contributed by atoms with Crippen LogP contribution in [0.15, 0.2) is 36.4 Å². The van der Waals surface area contributed by atoms with Crippen molar-refractivity contribution >= 4 is 5.97 Å². The van der Waals surface area contributed by atoms with Crippen LogP contribution in [0.25, 0.3) is 0 Å². The van der Waals surface area contributed by atoms with Gasteiger partial charge in [-0.3, -0.25) is 0 Å². The van der Waals surface area contributed by atoms with Gasteiger partial charge in [0.25, 0.3) is 0 Å². The van der Waals surface area contributed by atoms with Gasteiger partial charge in [0.05, 0.1) is 6.61 Å². The van der Waals surface area contributed by atoms with Crippen LogP contribution in [0.1, 0.15) is 25.3 Å². The largest absolute Gasteiger partial charge is 0.482 e. The van der Waals surface area contributed by atoms with Gasteiger partial charge in [0.2, 0.25) is 0 Å². The molecule has 0 radical (unpaired) electrons. The van der Waals surface area contributed by atoms with Crippen LogP contribution in [0, 0.1) is 6.92 Å². The van der Waals surface area contributed by atoms with Crippen molar-refractivity contribution in [3.63, 3.8) is 0 Å². The molecule has 0 N–H and O–H groups in total. The molecule has 0 fully saturated rings. The molecule has 0 aliphatic carbocycles. The molecule has 0 spiro atoms. The number of aryl methyl sites for hydroxylation is 1. The topological polar surface area (TPSA) is 35.5 Å². The van der Waals surface area contributed by atoms with Gasteiger partial charge in [-0.05, 0) is 31.9 Å². The van der Waals surface area contributed by atoms with Crippen molar-refractivity contribution < 1.29 is 14.3 Å². The summed E-state index contributed by atoms with van der Waals surface area (Å²) in [6, 6.07) is 7.56. The first-order valence-electron chi connectivity index (χ1n) is 6.22. The average Bonchev–Trinajstić information content (AvgIpc) is 2.38. The van der Waals surface area contributed by atoms with E-state index in [0.29, 0.717) is 12.4 Å². The summed E-state index contributed by atoms with van der Waals surface area (Å²) in [5, 5.41) is 0. The minimum atomic E-state index is -0.333. The summed E-state index contributed by atoms with van der Waals surface area (Å²) in [4.78, 5) is 11.3. The maximum atomic E-state index is 11.3. The number of benzene rings is 1. The molecular weight excluding hydrogens is 228 g/mol. The molecule has 0 aromatic heterocycles. The molecule has 0 heterocycles. The maximum absolute atomic E-state index is 11.3. The minimum absolute atomic E-state index is 0.0411. The summed E-state index contributed by atoms with van der Waals surface area (Å²) in [6.45, 7) is 4.44. The van der Waals surface area contributed by atoms with Crippen LogP contribution in [-0.2, 0) is 9.53 Å². The van der Waals surface area contributed by atoms with Crippen LogP contribution in [0.2, 0.25) is 0 Å². The Labute approximate surface area is 108 Å². The third-order valence-corrected chi connectivity index (χ3v) is 2.33. The molecule has 1 rings (SSSR count). The fourth-order valence-corrected chi connectivity index (χ4v) is 1.34. The van der Waals surface area contributed by atoms with Gasteiger partial charge in [-0.2, -0.15) is 0 Å². The molecule has 0 aliphatic heterocycles. The van der Waals surface area contributed by atoms with E-state index in [2.05, 4.69) is 13.0 Å². The standard InChI is InChI=1S/C15H20O3/c1-3-4-5-6-11-17-15(16)12-18-14-9-7-13(2)8-10-14/h4-5,7-10H,3,6,11-12H2,1-2H3. The van der Waals surface area contributed by atoms with Crippen LogP contribution in [0.5, 0.6) is 5.75 Å². The van der Waals surface area contributed by atoms with E-state index >= 15 is 0 Å². The Morgan fingerprint density at radius 2 is 1.94 bits per heavy atom. The smallest absolute Gasteiger partial charge is 0.344 e. The normalized spacial score (nSPS) is 10.6. The molecular formula is C15H20O3. The molecule has 1 aromatic rings. The van der Waals surface area contributed by atoms with E-state index in [1.165, 1.54) is 0 Å². The third-order valence-electron chi connectivity index (χ3n) is 2.33. The SMILES string of the molecule is CCC=CCCOC(=O)COc1ccc(C)cc1. The van der Waals surface area contributed by atoms with Crippen molar-refractivity contribution in [3.05, 3.63) is 42.0 Å². The summed E-state index contributed by atoms with van der Waals surface area (Å²) in [6.07, 6.45) is 5.82. The fourth-order valence-electron chi connectivity index (χ4n) is 1.34. The van der Waals surface area contributed by atoms with Gasteiger partial charge in [-0.1, -0.05) is 36.8 Å². The summed E-state index contributed by atoms with van der Waals surface area (Å²) in [7, 11) is 0. The summed E-state index contributed by atoms with van der Waals surface area (Å²) in [5.74, 6) is 0.351. The van der Waals surface area contributed by atoms with Crippen molar-refractivity contribution in [1.82, 2.24) is 0 Å². The zero-order valence-electron chi connectivity index (χ0n) is 11.0. The minimum Gasteiger partial charge on any atom is -0.482 e. The highest BCUT2D eigenvalue weighted by Crippen LogP contribution is 2.11. The first-order chi connectivity index (χ1) is 8.72. The highest BCUT2D eigenvalue weighted by atomic mass is 16.6. The van der Waals surface area contributed by atoms with Crippen molar-refractivity contribution in [1.29, 1.82) is 0 Å². The molecule has 0 amide bonds. The lowest BCUT2D eigenvalue weighted by atomic mass is 10.2. The Morgan fingerprint density at radius 1 is 1.22 bits per heavy atom. The number of carbonyl (C=O) groups excluding carboxylic acids is 1. The van der Waals surface area contributed by atoms with Crippen molar-refractivity contribution in [2.75, 3.05) is 13.2 Å². The summed E-state index contributed by atoms with van der Waals surface area (Å²) >= 11 is 0. The second kappa shape index (κ2) is 8.34. The van der Waals surface area contributed by atoms with Gasteiger partial charge >= 0.3 is 5.97 Å². The van der Waals surface area contributed by atoms with Gasteiger partial charge in [-0.15, -0.1) is 0 Å². The zero-order chi connectivity index (χ0) is 13.2. The van der Waals surface area contributed by atoms with E-state index in [4.69, 9.17) is 9.47 Å². The Bertz CT molecular complexity index is 379. The fraction of sp³-hybridized carbons (Fsp3) is 0.400. The zero-order valence-corrected chi connectivity index (χ0v) is 11.0. The highest BCUT2D eigenvalue weighted by Gasteiger charge is 2.03. The van der Waals surface area contributed by atoms with Gasteiger partial charge in [0.15, 0.2) is 6.61 Å². The van der Waals surface area contributed by atoms with E-state index in [1.807, 2.05) is 37.3 Å². The maximum Gasteiger partial charge on any atom is 0.344 e. The van der Waals surface area contributed by atoms with Gasteiger partial charge in [0.1, 0.15) is 5.75 Å². The van der Waals surface area contributed by atoms with E-state index in [-0.39, 0.29) is 12.6 Å². The van der Waals surface area contributed by atoms with Crippen molar-refractivity contribution in [3.8, 4) is 5.75 Å². The highest BCUT2D eigenvalue weighted by molar-refractivity contribution is 5.71. The van der Waals surface area contributed by atoms with Crippen LogP contribution >= 0.6 is 0 Å². The monoisotopic (exact) mass is 248 g/mol. The van der Waals surface area contributed by atoms with E-state index in [0.717, 1.165) is 18.4 Å². The predicted molar refractivity (Wildman–Crippen MR) is 71.7 cm³/mol. The van der Waals surface area contributed by atoms with Gasteiger partial charge in [0, 0.05) is 0 Å². The van der Waals surface area contributed by atoms with E-state index < -0.39 is 0 Å². The number of carbonyl (C=O) groups is 1. The number of rotatable bonds is 7. The van der Waals surface area contributed by atoms with Crippen LogP contribution in [0.3, 0.4) is 0 Å². The molecule has 18 heavy (non-hydrogen) atoms. The number of hydrogen-bond acceptors (Lipinski definition) is 3. The first kappa shape index (κ1) is 14.3. The molecule has 0 unspecified atom stereocenters. The first-order valence-corrected chi connectivity index (χ1v) is 6.22. The summed E-state index contributed by atoms with van der Waals surface area (Å²) in [5.41, 5.74) is 1.16. The molecule has 98 valence electrons. The van der Waals surface area contributed by atoms with Crippen LogP contribution in [0.4, 0.5) is 0 Å². The number of esters is 1. The lowest BCUT2D eigenvalue weighted by Gasteiger charge is -2.06. The molecule has 0 aliphatic rings. The second-order valence-corrected chi connectivity index (χ2v) is 3.99. The predicted octanol–water partition coefficient (Wildman–Crippen LogP) is 3.27. The molecule has 0 bridgehead atoms. The van der Waals surface area contributed by atoms with E-state index in [1.54, 1.807) is 0 Å². The number of allylic oxidation sites excluding steroid dienone is 1. The third kappa shape index (κ3) is 6.09. The van der Waals surface area contributed by atoms with Gasteiger partial charge in [-0.25, -0.2) is 4.79 Å². The quantitative estimate of drug-likeness (QED) is 0.422. The van der Waals surface area contributed by atoms with Crippen molar-refractivity contribution in [2.45, 2.75) is 26.7 Å². The number of hydrogen-bond donors (Lipinski definition) is 0. The molecule has 0 saturated carbocycles. The Balaban J connectivity index is 2.17. The van der Waals surface area contributed by atoms with Crippen LogP contribution in [-0.4, -0.2) is 19.2 Å². The molecule has 0 saturated heterocycles. The molecule has 3 heteroatoms. The van der Waals surface area contributed by atoms with Gasteiger partial charge < -0.3 is 9.47 Å². The molecule has 0 atom stereocenters. The Hall–Kier alpha value is -1.77. The summed E-state index contributed by atoms with van der Waals surface area (Å²) < 4.78 is 10.3. The van der Waals surface area contributed by atoms with Crippen molar-refractivity contribution in [2.24, 2.45) is 0 Å². The molecule has 3 nitrogen and oxygen atoms in total. The Morgan fingerprint density at radius 3 is 2.61 bits per heavy atom. The average molecular weight is 248 g/mol.